The van der Waals surface area contributed by atoms with Gasteiger partial charge in [-0.15, -0.1) is 0 Å². The summed E-state index contributed by atoms with van der Waals surface area (Å²) in [6.45, 7) is 0. The van der Waals surface area contributed by atoms with Gasteiger partial charge in [0.25, 0.3) is 10.0 Å². The topological polar surface area (TPSA) is 74.8 Å². The molecule has 0 spiro atoms. The van der Waals surface area contributed by atoms with Gasteiger partial charge < -0.3 is 0 Å². The first kappa shape index (κ1) is 11.2. The lowest BCUT2D eigenvalue weighted by Crippen LogP contribution is -2.12. The fourth-order valence-corrected chi connectivity index (χ4v) is 2.79. The van der Waals surface area contributed by atoms with Gasteiger partial charge in [-0.25, -0.2) is 8.42 Å². The van der Waals surface area contributed by atoms with E-state index in [4.69, 9.17) is 0 Å². The molecule has 0 saturated heterocycles. The zero-order valence-electron chi connectivity index (χ0n) is 8.01. The van der Waals surface area contributed by atoms with Crippen molar-refractivity contribution in [2.75, 3.05) is 4.72 Å². The zero-order valence-corrected chi connectivity index (χ0v) is 10.4. The number of hydrogen-bond donors (Lipinski definition) is 2. The largest absolute Gasteiger partial charge is 0.284 e. The van der Waals surface area contributed by atoms with Crippen LogP contribution in [0.4, 0.5) is 5.69 Å². The molecule has 0 aliphatic carbocycles. The molecule has 0 radical (unpaired) electrons. The molecule has 0 saturated carbocycles. The second-order valence-corrected chi connectivity index (χ2v) is 5.65. The predicted octanol–water partition coefficient (Wildman–Crippen LogP) is 1.97. The van der Waals surface area contributed by atoms with Crippen molar-refractivity contribution < 1.29 is 8.42 Å². The highest BCUT2D eigenvalue weighted by molar-refractivity contribution is 9.10. The molecule has 7 heteroatoms. The fraction of sp³-hybridized carbons (Fsp3) is 0. The van der Waals surface area contributed by atoms with Gasteiger partial charge in [-0.1, -0.05) is 22.0 Å². The molecule has 2 N–H and O–H groups in total. The highest BCUT2D eigenvalue weighted by atomic mass is 79.9. The highest BCUT2D eigenvalue weighted by Crippen LogP contribution is 2.18. The van der Waals surface area contributed by atoms with E-state index >= 15 is 0 Å². The van der Waals surface area contributed by atoms with Gasteiger partial charge in [-0.2, -0.15) is 5.10 Å². The average molecular weight is 302 g/mol. The van der Waals surface area contributed by atoms with Crippen molar-refractivity contribution in [2.45, 2.75) is 4.90 Å². The molecule has 0 unspecified atom stereocenters. The smallest absolute Gasteiger partial charge is 0.262 e. The molecule has 2 aromatic rings. The van der Waals surface area contributed by atoms with Crippen LogP contribution in [-0.4, -0.2) is 18.6 Å². The Labute approximate surface area is 101 Å². The second kappa shape index (κ2) is 4.26. The second-order valence-electron chi connectivity index (χ2n) is 3.05. The summed E-state index contributed by atoms with van der Waals surface area (Å²) in [7, 11) is -3.55. The number of H-pyrrole nitrogens is 1. The van der Waals surface area contributed by atoms with Crippen molar-refractivity contribution in [1.29, 1.82) is 0 Å². The van der Waals surface area contributed by atoms with Gasteiger partial charge in [0, 0.05) is 10.7 Å². The summed E-state index contributed by atoms with van der Waals surface area (Å²) in [4.78, 5) is 0.197. The number of aromatic nitrogens is 2. The maximum absolute atomic E-state index is 11.9. The molecule has 0 aliphatic rings. The number of rotatable bonds is 3. The van der Waals surface area contributed by atoms with Crippen LogP contribution < -0.4 is 4.72 Å². The van der Waals surface area contributed by atoms with Crippen LogP contribution in [0.3, 0.4) is 0 Å². The maximum Gasteiger partial charge on any atom is 0.262 e. The Hall–Kier alpha value is -1.34. The van der Waals surface area contributed by atoms with Gasteiger partial charge in [-0.3, -0.25) is 9.82 Å². The Morgan fingerprint density at radius 2 is 2.19 bits per heavy atom. The minimum Gasteiger partial charge on any atom is -0.284 e. The zero-order chi connectivity index (χ0) is 11.6. The Bertz CT molecular complexity index is 581. The third kappa shape index (κ3) is 2.42. The Kier molecular flexibility index (Phi) is 2.97. The summed E-state index contributed by atoms with van der Waals surface area (Å²) in [6, 6.07) is 6.47. The minimum atomic E-state index is -3.55. The molecule has 1 aromatic carbocycles. The summed E-state index contributed by atoms with van der Waals surface area (Å²) in [6.07, 6.45) is 2.87. The van der Waals surface area contributed by atoms with E-state index in [2.05, 4.69) is 30.8 Å². The van der Waals surface area contributed by atoms with E-state index in [9.17, 15) is 8.42 Å². The van der Waals surface area contributed by atoms with E-state index in [0.717, 1.165) is 0 Å². The molecule has 84 valence electrons. The third-order valence-electron chi connectivity index (χ3n) is 1.86. The van der Waals surface area contributed by atoms with Crippen LogP contribution in [-0.2, 0) is 10.0 Å². The van der Waals surface area contributed by atoms with Gasteiger partial charge in [0.1, 0.15) is 0 Å². The number of aromatic amines is 1. The van der Waals surface area contributed by atoms with Crippen molar-refractivity contribution in [3.05, 3.63) is 41.1 Å². The van der Waals surface area contributed by atoms with Gasteiger partial charge >= 0.3 is 0 Å². The van der Waals surface area contributed by atoms with Crippen molar-refractivity contribution in [3.8, 4) is 0 Å². The Balaban J connectivity index is 2.33. The number of benzene rings is 1. The first-order valence-electron chi connectivity index (χ1n) is 4.35. The van der Waals surface area contributed by atoms with Crippen molar-refractivity contribution in [3.63, 3.8) is 0 Å². The van der Waals surface area contributed by atoms with Crippen molar-refractivity contribution in [2.24, 2.45) is 0 Å². The summed E-state index contributed by atoms with van der Waals surface area (Å²) in [5.74, 6) is 0. The van der Waals surface area contributed by atoms with Gasteiger partial charge in [0.15, 0.2) is 0 Å². The number of nitrogens with zero attached hydrogens (tertiary/aromatic N) is 1. The first-order valence-corrected chi connectivity index (χ1v) is 6.63. The first-order chi connectivity index (χ1) is 7.58. The molecule has 1 heterocycles. The van der Waals surface area contributed by atoms with Crippen LogP contribution in [0.1, 0.15) is 0 Å². The van der Waals surface area contributed by atoms with Crippen LogP contribution in [0.15, 0.2) is 46.0 Å². The van der Waals surface area contributed by atoms with E-state index in [0.29, 0.717) is 10.2 Å². The number of halogens is 1. The highest BCUT2D eigenvalue weighted by Gasteiger charge is 2.14. The summed E-state index contributed by atoms with van der Waals surface area (Å²) in [5.41, 5.74) is 0.403. The third-order valence-corrected chi connectivity index (χ3v) is 3.73. The molecule has 0 bridgehead atoms. The van der Waals surface area contributed by atoms with Crippen molar-refractivity contribution in [1.82, 2.24) is 10.2 Å². The quantitative estimate of drug-likeness (QED) is 0.910. The predicted molar refractivity (Wildman–Crippen MR) is 63.5 cm³/mol. The normalized spacial score (nSPS) is 11.3. The molecular formula is C9H8BrN3O2S. The molecule has 0 amide bonds. The SMILES string of the molecule is O=S(=O)(Nc1cn[nH]c1)c1cccc(Br)c1. The average Bonchev–Trinajstić information content (AvgIpc) is 2.70. The molecule has 2 rings (SSSR count). The van der Waals surface area contributed by atoms with Gasteiger partial charge in [0.2, 0.25) is 0 Å². The number of nitrogens with one attached hydrogen (secondary N) is 2. The van der Waals surface area contributed by atoms with Crippen LogP contribution >= 0.6 is 15.9 Å². The Morgan fingerprint density at radius 3 is 2.81 bits per heavy atom. The minimum absolute atomic E-state index is 0.197. The van der Waals surface area contributed by atoms with E-state index in [-0.39, 0.29) is 4.90 Å². The monoisotopic (exact) mass is 301 g/mol. The molecule has 0 fully saturated rings. The van der Waals surface area contributed by atoms with Crippen LogP contribution in [0.2, 0.25) is 0 Å². The number of hydrogen-bond acceptors (Lipinski definition) is 3. The van der Waals surface area contributed by atoms with Crippen LogP contribution in [0, 0.1) is 0 Å². The standard InChI is InChI=1S/C9H8BrN3O2S/c10-7-2-1-3-9(4-7)16(14,15)13-8-5-11-12-6-8/h1-6,13H,(H,11,12). The summed E-state index contributed by atoms with van der Waals surface area (Å²) in [5, 5.41) is 6.19. The van der Waals surface area contributed by atoms with E-state index < -0.39 is 10.0 Å². The maximum atomic E-state index is 11.9. The van der Waals surface area contributed by atoms with Crippen LogP contribution in [0.25, 0.3) is 0 Å². The van der Waals surface area contributed by atoms with Crippen molar-refractivity contribution >= 4 is 31.6 Å². The lowest BCUT2D eigenvalue weighted by molar-refractivity contribution is 0.601. The molecular weight excluding hydrogens is 294 g/mol. The van der Waals surface area contributed by atoms with E-state index in [1.807, 2.05) is 0 Å². The lowest BCUT2D eigenvalue weighted by Gasteiger charge is -2.05. The molecule has 0 atom stereocenters. The lowest BCUT2D eigenvalue weighted by atomic mass is 10.4. The van der Waals surface area contributed by atoms with Gasteiger partial charge in [-0.05, 0) is 18.2 Å². The molecule has 0 aliphatic heterocycles. The summed E-state index contributed by atoms with van der Waals surface area (Å²) >= 11 is 3.22. The molecule has 16 heavy (non-hydrogen) atoms. The Morgan fingerprint density at radius 1 is 1.38 bits per heavy atom. The molecule has 1 aromatic heterocycles. The number of sulfonamides is 1. The molecule has 5 nitrogen and oxygen atoms in total. The van der Waals surface area contributed by atoms with Crippen LogP contribution in [0.5, 0.6) is 0 Å². The fourth-order valence-electron chi connectivity index (χ4n) is 1.15. The van der Waals surface area contributed by atoms with E-state index in [1.165, 1.54) is 24.5 Å². The van der Waals surface area contributed by atoms with Gasteiger partial charge in [0.05, 0.1) is 16.8 Å². The number of anilines is 1. The summed E-state index contributed by atoms with van der Waals surface area (Å²) < 4.78 is 26.9. The van der Waals surface area contributed by atoms with E-state index in [1.54, 1.807) is 12.1 Å².